The molecular formula is C18H23ClN2O. The smallest absolute Gasteiger partial charge is 0.235 e. The lowest BCUT2D eigenvalue weighted by Crippen LogP contribution is -2.57. The lowest BCUT2D eigenvalue weighted by atomic mass is 9.55. The number of carbonyl (C=O) groups is 1. The van der Waals surface area contributed by atoms with E-state index in [0.717, 1.165) is 24.9 Å². The zero-order valence-electron chi connectivity index (χ0n) is 13.0. The lowest BCUT2D eigenvalue weighted by molar-refractivity contribution is -0.122. The number of nitrogens with one attached hydrogen (secondary N) is 1. The summed E-state index contributed by atoms with van der Waals surface area (Å²) in [6, 6.07) is 6.42. The number of hydrogen-bond donors (Lipinski definition) is 2. The van der Waals surface area contributed by atoms with E-state index < -0.39 is 0 Å². The van der Waals surface area contributed by atoms with Crippen molar-refractivity contribution >= 4 is 23.2 Å². The van der Waals surface area contributed by atoms with E-state index in [1.165, 1.54) is 24.0 Å². The van der Waals surface area contributed by atoms with E-state index in [2.05, 4.69) is 24.4 Å². The first-order valence-corrected chi connectivity index (χ1v) is 8.72. The van der Waals surface area contributed by atoms with Crippen molar-refractivity contribution in [1.29, 1.82) is 0 Å². The Bertz CT molecular complexity index is 646. The zero-order chi connectivity index (χ0) is 15.5. The van der Waals surface area contributed by atoms with E-state index in [9.17, 15) is 4.79 Å². The lowest BCUT2D eigenvalue weighted by Gasteiger charge is -2.54. The third-order valence-corrected chi connectivity index (χ3v) is 6.28. The Kier molecular flexibility index (Phi) is 3.03. The van der Waals surface area contributed by atoms with Crippen molar-refractivity contribution in [3.05, 3.63) is 29.3 Å². The van der Waals surface area contributed by atoms with Gasteiger partial charge in [-0.15, -0.1) is 11.6 Å². The van der Waals surface area contributed by atoms with E-state index in [1.807, 2.05) is 6.07 Å². The molecule has 4 atom stereocenters. The van der Waals surface area contributed by atoms with Crippen molar-refractivity contribution in [2.75, 3.05) is 11.6 Å². The summed E-state index contributed by atoms with van der Waals surface area (Å²) in [4.78, 5) is 12.0. The summed E-state index contributed by atoms with van der Waals surface area (Å²) in [5.41, 5.74) is 10.0. The van der Waals surface area contributed by atoms with Gasteiger partial charge in [0.25, 0.3) is 0 Å². The molecule has 1 amide bonds. The number of hydrogen-bond acceptors (Lipinski definition) is 2. The van der Waals surface area contributed by atoms with Crippen molar-refractivity contribution in [2.45, 2.75) is 56.4 Å². The molecule has 2 saturated carbocycles. The molecule has 118 valence electrons. The molecule has 0 aliphatic heterocycles. The highest BCUT2D eigenvalue weighted by molar-refractivity contribution is 6.27. The van der Waals surface area contributed by atoms with Gasteiger partial charge in [-0.1, -0.05) is 13.0 Å². The molecule has 0 spiro atoms. The molecule has 2 fully saturated rings. The Labute approximate surface area is 136 Å². The van der Waals surface area contributed by atoms with Crippen LogP contribution in [0.5, 0.6) is 0 Å². The van der Waals surface area contributed by atoms with Gasteiger partial charge in [0.1, 0.15) is 5.88 Å². The fourth-order valence-electron chi connectivity index (χ4n) is 5.78. The van der Waals surface area contributed by atoms with Crippen LogP contribution in [-0.4, -0.2) is 17.3 Å². The maximum absolute atomic E-state index is 12.0. The molecule has 4 bridgehead atoms. The Morgan fingerprint density at radius 3 is 2.64 bits per heavy atom. The van der Waals surface area contributed by atoms with Crippen LogP contribution in [-0.2, 0) is 4.79 Å². The standard InChI is InChI=1S/C18H23ClN2O/c1-17-5-11-7-18(10-17,21-16(22)9-19)8-12(6-17)15-4-13(20)2-3-14(11)15/h2-4,11-12H,5-10,20H2,1H3,(H,21,22). The molecule has 1 aromatic carbocycles. The van der Waals surface area contributed by atoms with Gasteiger partial charge in [-0.25, -0.2) is 0 Å². The highest BCUT2D eigenvalue weighted by Gasteiger charge is 2.55. The van der Waals surface area contributed by atoms with E-state index in [1.54, 1.807) is 0 Å². The van der Waals surface area contributed by atoms with Gasteiger partial charge >= 0.3 is 0 Å². The molecule has 4 heteroatoms. The molecule has 3 nitrogen and oxygen atoms in total. The van der Waals surface area contributed by atoms with Crippen LogP contribution in [0.3, 0.4) is 0 Å². The van der Waals surface area contributed by atoms with Crippen LogP contribution in [0, 0.1) is 5.41 Å². The number of nitrogens with two attached hydrogens (primary N) is 1. The number of rotatable bonds is 2. The molecule has 4 aliphatic rings. The number of alkyl halides is 1. The summed E-state index contributed by atoms with van der Waals surface area (Å²) >= 11 is 5.75. The van der Waals surface area contributed by atoms with Gasteiger partial charge in [-0.2, -0.15) is 0 Å². The fourth-order valence-corrected chi connectivity index (χ4v) is 5.85. The number of halogens is 1. The van der Waals surface area contributed by atoms with Gasteiger partial charge in [0.2, 0.25) is 5.91 Å². The van der Waals surface area contributed by atoms with Crippen LogP contribution < -0.4 is 11.1 Å². The predicted octanol–water partition coefficient (Wildman–Crippen LogP) is 3.53. The number of carbonyl (C=O) groups excluding carboxylic acids is 1. The summed E-state index contributed by atoms with van der Waals surface area (Å²) in [5.74, 6) is 1.04. The summed E-state index contributed by atoms with van der Waals surface area (Å²) in [5, 5.41) is 3.29. The second-order valence-electron chi connectivity index (χ2n) is 8.05. The molecule has 3 N–H and O–H groups in total. The van der Waals surface area contributed by atoms with Crippen molar-refractivity contribution in [3.63, 3.8) is 0 Å². The van der Waals surface area contributed by atoms with Gasteiger partial charge in [-0.05, 0) is 72.6 Å². The fraction of sp³-hybridized carbons (Fsp3) is 0.611. The topological polar surface area (TPSA) is 55.1 Å². The normalized spacial score (nSPS) is 38.5. The molecule has 1 aromatic rings. The maximum Gasteiger partial charge on any atom is 0.235 e. The number of nitrogen functional groups attached to an aromatic ring is 1. The summed E-state index contributed by atoms with van der Waals surface area (Å²) < 4.78 is 0. The van der Waals surface area contributed by atoms with Crippen LogP contribution >= 0.6 is 11.6 Å². The van der Waals surface area contributed by atoms with Crippen molar-refractivity contribution in [2.24, 2.45) is 5.41 Å². The maximum atomic E-state index is 12.0. The summed E-state index contributed by atoms with van der Waals surface area (Å²) in [7, 11) is 0. The minimum absolute atomic E-state index is 0.0317. The van der Waals surface area contributed by atoms with E-state index in [-0.39, 0.29) is 17.3 Å². The van der Waals surface area contributed by atoms with Gasteiger partial charge < -0.3 is 11.1 Å². The van der Waals surface area contributed by atoms with Crippen LogP contribution in [0.25, 0.3) is 0 Å². The summed E-state index contributed by atoms with van der Waals surface area (Å²) in [6.45, 7) is 2.39. The van der Waals surface area contributed by atoms with E-state index in [4.69, 9.17) is 17.3 Å². The molecule has 4 unspecified atom stereocenters. The molecule has 5 rings (SSSR count). The van der Waals surface area contributed by atoms with Crippen LogP contribution in [0.2, 0.25) is 0 Å². The van der Waals surface area contributed by atoms with Crippen LogP contribution in [0.1, 0.15) is 62.0 Å². The van der Waals surface area contributed by atoms with Crippen LogP contribution in [0.4, 0.5) is 5.69 Å². The molecule has 0 heterocycles. The highest BCUT2D eigenvalue weighted by Crippen LogP contribution is 2.62. The average molecular weight is 319 g/mol. The van der Waals surface area contributed by atoms with Crippen molar-refractivity contribution in [1.82, 2.24) is 5.32 Å². The quantitative estimate of drug-likeness (QED) is 0.647. The first-order chi connectivity index (χ1) is 10.4. The van der Waals surface area contributed by atoms with E-state index in [0.29, 0.717) is 17.3 Å². The predicted molar refractivity (Wildman–Crippen MR) is 89.1 cm³/mol. The number of anilines is 1. The zero-order valence-corrected chi connectivity index (χ0v) is 13.7. The van der Waals surface area contributed by atoms with Crippen LogP contribution in [0.15, 0.2) is 18.2 Å². The van der Waals surface area contributed by atoms with Gasteiger partial charge in [0.05, 0.1) is 0 Å². The van der Waals surface area contributed by atoms with Gasteiger partial charge in [0, 0.05) is 11.2 Å². The Morgan fingerprint density at radius 1 is 1.27 bits per heavy atom. The van der Waals surface area contributed by atoms with Crippen molar-refractivity contribution in [3.8, 4) is 0 Å². The number of amides is 1. The van der Waals surface area contributed by atoms with E-state index >= 15 is 0 Å². The minimum Gasteiger partial charge on any atom is -0.399 e. The third kappa shape index (κ3) is 2.13. The molecule has 0 saturated heterocycles. The van der Waals surface area contributed by atoms with Crippen molar-refractivity contribution < 1.29 is 4.79 Å². The first kappa shape index (κ1) is 14.4. The molecular weight excluding hydrogens is 296 g/mol. The highest BCUT2D eigenvalue weighted by atomic mass is 35.5. The van der Waals surface area contributed by atoms with Gasteiger partial charge in [0.15, 0.2) is 0 Å². The largest absolute Gasteiger partial charge is 0.399 e. The number of benzene rings is 1. The minimum atomic E-state index is -0.0830. The molecule has 0 aromatic heterocycles. The summed E-state index contributed by atoms with van der Waals surface area (Å²) in [6.07, 6.45) is 5.58. The Hall–Kier alpha value is -1.22. The monoisotopic (exact) mass is 318 g/mol. The average Bonchev–Trinajstić information content (AvgIpc) is 2.57. The first-order valence-electron chi connectivity index (χ1n) is 8.18. The molecule has 22 heavy (non-hydrogen) atoms. The SMILES string of the molecule is CC12CC3CC(NC(=O)CCl)(CC(C1)c1cc(N)ccc13)C2. The molecule has 4 aliphatic carbocycles. The van der Waals surface area contributed by atoms with Gasteiger partial charge in [-0.3, -0.25) is 4.79 Å². The third-order valence-electron chi connectivity index (χ3n) is 6.03. The Balaban J connectivity index is 1.80. The second-order valence-corrected chi connectivity index (χ2v) is 8.32. The Morgan fingerprint density at radius 2 is 1.95 bits per heavy atom. The second kappa shape index (κ2) is 4.64. The molecule has 0 radical (unpaired) electrons.